The highest BCUT2D eigenvalue weighted by Gasteiger charge is 2.22. The Bertz CT molecular complexity index is 648. The Hall–Kier alpha value is -1.79. The summed E-state index contributed by atoms with van der Waals surface area (Å²) in [4.78, 5) is 23.9. The lowest BCUT2D eigenvalue weighted by molar-refractivity contribution is 0.0546. The molecule has 1 aliphatic heterocycles. The van der Waals surface area contributed by atoms with E-state index in [0.717, 1.165) is 16.3 Å². The second kappa shape index (κ2) is 5.91. The van der Waals surface area contributed by atoms with Gasteiger partial charge in [-0.3, -0.25) is 9.78 Å². The molecule has 3 heterocycles. The van der Waals surface area contributed by atoms with Crippen LogP contribution in [0.1, 0.15) is 28.9 Å². The summed E-state index contributed by atoms with van der Waals surface area (Å²) >= 11 is 1.53. The fourth-order valence-electron chi connectivity index (χ4n) is 2.49. The van der Waals surface area contributed by atoms with Crippen LogP contribution in [0.15, 0.2) is 23.8 Å². The average molecular weight is 303 g/mol. The van der Waals surface area contributed by atoms with Gasteiger partial charge in [-0.05, 0) is 31.9 Å². The van der Waals surface area contributed by atoms with Gasteiger partial charge in [0.25, 0.3) is 5.91 Å². The molecule has 2 aromatic rings. The van der Waals surface area contributed by atoms with Crippen LogP contribution in [-0.4, -0.2) is 45.1 Å². The highest BCUT2D eigenvalue weighted by Crippen LogP contribution is 2.26. The number of aliphatic hydroxyl groups is 1. The second-order valence-electron chi connectivity index (χ2n) is 5.22. The van der Waals surface area contributed by atoms with E-state index in [2.05, 4.69) is 9.97 Å². The molecule has 110 valence electrons. The first-order valence-corrected chi connectivity index (χ1v) is 7.87. The summed E-state index contributed by atoms with van der Waals surface area (Å²) in [5, 5.41) is 9.53. The van der Waals surface area contributed by atoms with Crippen molar-refractivity contribution in [2.24, 2.45) is 0 Å². The van der Waals surface area contributed by atoms with Gasteiger partial charge in [0, 0.05) is 24.8 Å². The van der Waals surface area contributed by atoms with E-state index in [4.69, 9.17) is 0 Å². The minimum Gasteiger partial charge on any atom is -0.393 e. The van der Waals surface area contributed by atoms with Crippen molar-refractivity contribution in [3.63, 3.8) is 0 Å². The Morgan fingerprint density at radius 2 is 2.14 bits per heavy atom. The van der Waals surface area contributed by atoms with Crippen molar-refractivity contribution in [2.45, 2.75) is 25.9 Å². The maximum Gasteiger partial charge on any atom is 0.253 e. The van der Waals surface area contributed by atoms with Gasteiger partial charge in [0.2, 0.25) is 0 Å². The lowest BCUT2D eigenvalue weighted by Crippen LogP contribution is -2.40. The third kappa shape index (κ3) is 2.96. The second-order valence-corrected chi connectivity index (χ2v) is 6.07. The molecule has 0 saturated carbocycles. The maximum atomic E-state index is 12.5. The van der Waals surface area contributed by atoms with Crippen LogP contribution in [0.2, 0.25) is 0 Å². The minimum absolute atomic E-state index is 0.00715. The predicted molar refractivity (Wildman–Crippen MR) is 81.2 cm³/mol. The normalized spacial score (nSPS) is 16.2. The largest absolute Gasteiger partial charge is 0.393 e. The molecule has 1 aliphatic rings. The summed E-state index contributed by atoms with van der Waals surface area (Å²) in [6.45, 7) is 3.16. The first-order chi connectivity index (χ1) is 10.1. The lowest BCUT2D eigenvalue weighted by Gasteiger charge is -2.29. The van der Waals surface area contributed by atoms with E-state index in [9.17, 15) is 9.90 Å². The number of aromatic nitrogens is 2. The fourth-order valence-corrected chi connectivity index (χ4v) is 3.26. The standard InChI is InChI=1S/C15H17N3O2S/c1-10-14(21-9-17-10)13-8-11(2-5-16-13)15(20)18-6-3-12(19)4-7-18/h2,5,8-9,12,19H,3-4,6-7H2,1H3. The Balaban J connectivity index is 1.83. The summed E-state index contributed by atoms with van der Waals surface area (Å²) in [5.41, 5.74) is 4.15. The lowest BCUT2D eigenvalue weighted by atomic mass is 10.1. The summed E-state index contributed by atoms with van der Waals surface area (Å²) in [7, 11) is 0. The van der Waals surface area contributed by atoms with Crippen LogP contribution in [0.5, 0.6) is 0 Å². The van der Waals surface area contributed by atoms with Crippen LogP contribution in [0.25, 0.3) is 10.6 Å². The smallest absolute Gasteiger partial charge is 0.253 e. The molecule has 0 radical (unpaired) electrons. The molecular formula is C15H17N3O2S. The van der Waals surface area contributed by atoms with Crippen LogP contribution in [-0.2, 0) is 0 Å². The molecule has 2 aromatic heterocycles. The number of amides is 1. The number of likely N-dealkylation sites (tertiary alicyclic amines) is 1. The summed E-state index contributed by atoms with van der Waals surface area (Å²) < 4.78 is 0. The number of carbonyl (C=O) groups excluding carboxylic acids is 1. The molecule has 3 rings (SSSR count). The number of nitrogens with zero attached hydrogens (tertiary/aromatic N) is 3. The minimum atomic E-state index is -0.276. The maximum absolute atomic E-state index is 12.5. The van der Waals surface area contributed by atoms with E-state index in [0.29, 0.717) is 31.5 Å². The first-order valence-electron chi connectivity index (χ1n) is 6.99. The van der Waals surface area contributed by atoms with Gasteiger partial charge < -0.3 is 10.0 Å². The van der Waals surface area contributed by atoms with Gasteiger partial charge in [-0.25, -0.2) is 4.98 Å². The van der Waals surface area contributed by atoms with E-state index in [1.807, 2.05) is 13.0 Å². The van der Waals surface area contributed by atoms with Crippen molar-refractivity contribution >= 4 is 17.2 Å². The van der Waals surface area contributed by atoms with Crippen molar-refractivity contribution in [3.05, 3.63) is 35.1 Å². The molecule has 5 nitrogen and oxygen atoms in total. The van der Waals surface area contributed by atoms with Crippen molar-refractivity contribution in [1.29, 1.82) is 0 Å². The van der Waals surface area contributed by atoms with Crippen molar-refractivity contribution < 1.29 is 9.90 Å². The Labute approximate surface area is 127 Å². The van der Waals surface area contributed by atoms with Crippen LogP contribution < -0.4 is 0 Å². The van der Waals surface area contributed by atoms with E-state index >= 15 is 0 Å². The van der Waals surface area contributed by atoms with Gasteiger partial charge in [0.05, 0.1) is 27.9 Å². The molecule has 6 heteroatoms. The highest BCUT2D eigenvalue weighted by molar-refractivity contribution is 7.13. The fraction of sp³-hybridized carbons (Fsp3) is 0.400. The van der Waals surface area contributed by atoms with Crippen molar-refractivity contribution in [2.75, 3.05) is 13.1 Å². The number of hydrogen-bond donors (Lipinski definition) is 1. The molecule has 0 unspecified atom stereocenters. The summed E-state index contributed by atoms with van der Waals surface area (Å²) in [5.74, 6) is 0.00715. The Kier molecular flexibility index (Phi) is 3.98. The molecule has 0 atom stereocenters. The average Bonchev–Trinajstić information content (AvgIpc) is 2.94. The molecule has 0 aliphatic carbocycles. The molecule has 1 amide bonds. The Morgan fingerprint density at radius 1 is 1.38 bits per heavy atom. The van der Waals surface area contributed by atoms with Crippen LogP contribution >= 0.6 is 11.3 Å². The number of thiazole rings is 1. The van der Waals surface area contributed by atoms with Crippen LogP contribution in [0.3, 0.4) is 0 Å². The molecule has 0 aromatic carbocycles. The summed E-state index contributed by atoms with van der Waals surface area (Å²) in [6.07, 6.45) is 2.69. The predicted octanol–water partition coefficient (Wildman–Crippen LogP) is 2.11. The van der Waals surface area contributed by atoms with E-state index in [1.54, 1.807) is 22.7 Å². The number of carbonyl (C=O) groups is 1. The van der Waals surface area contributed by atoms with Crippen molar-refractivity contribution in [3.8, 4) is 10.6 Å². The molecule has 21 heavy (non-hydrogen) atoms. The third-order valence-corrected chi connectivity index (χ3v) is 4.69. The molecule has 1 N–H and O–H groups in total. The molecule has 1 fully saturated rings. The molecule has 0 spiro atoms. The first kappa shape index (κ1) is 14.2. The third-order valence-electron chi connectivity index (χ3n) is 3.74. The van der Waals surface area contributed by atoms with Gasteiger partial charge in [0.1, 0.15) is 0 Å². The number of aliphatic hydroxyl groups excluding tert-OH is 1. The van der Waals surface area contributed by atoms with Crippen LogP contribution in [0, 0.1) is 6.92 Å². The van der Waals surface area contributed by atoms with E-state index < -0.39 is 0 Å². The zero-order chi connectivity index (χ0) is 14.8. The zero-order valence-electron chi connectivity index (χ0n) is 11.8. The van der Waals surface area contributed by atoms with Gasteiger partial charge in [0.15, 0.2) is 0 Å². The number of piperidine rings is 1. The summed E-state index contributed by atoms with van der Waals surface area (Å²) in [6, 6.07) is 3.57. The number of rotatable bonds is 2. The number of aryl methyl sites for hydroxylation is 1. The molecular weight excluding hydrogens is 286 g/mol. The van der Waals surface area contributed by atoms with Gasteiger partial charge in [-0.15, -0.1) is 11.3 Å². The highest BCUT2D eigenvalue weighted by atomic mass is 32.1. The van der Waals surface area contributed by atoms with E-state index in [-0.39, 0.29) is 12.0 Å². The van der Waals surface area contributed by atoms with Gasteiger partial charge in [-0.1, -0.05) is 0 Å². The molecule has 0 bridgehead atoms. The Morgan fingerprint density at radius 3 is 2.81 bits per heavy atom. The number of pyridine rings is 1. The van der Waals surface area contributed by atoms with Gasteiger partial charge >= 0.3 is 0 Å². The van der Waals surface area contributed by atoms with Gasteiger partial charge in [-0.2, -0.15) is 0 Å². The van der Waals surface area contributed by atoms with Crippen molar-refractivity contribution in [1.82, 2.24) is 14.9 Å². The topological polar surface area (TPSA) is 66.3 Å². The SMILES string of the molecule is Cc1ncsc1-c1cc(C(=O)N2CCC(O)CC2)ccn1. The monoisotopic (exact) mass is 303 g/mol. The van der Waals surface area contributed by atoms with Crippen LogP contribution in [0.4, 0.5) is 0 Å². The molecule has 1 saturated heterocycles. The number of hydrogen-bond acceptors (Lipinski definition) is 5. The quantitative estimate of drug-likeness (QED) is 0.923. The zero-order valence-corrected chi connectivity index (χ0v) is 12.6. The van der Waals surface area contributed by atoms with E-state index in [1.165, 1.54) is 11.3 Å².